The first-order valence-corrected chi connectivity index (χ1v) is 9.79. The molecular formula is C20H20N2O4S. The van der Waals surface area contributed by atoms with E-state index in [1.165, 1.54) is 23.3 Å². The van der Waals surface area contributed by atoms with E-state index in [4.69, 9.17) is 9.15 Å². The molecule has 4 rings (SSSR count). The SMILES string of the molecule is C[C@H]1CCc2c(sc3nc([C@H](C)OC(=O)/C=C/c4ccco4)[nH]c(=O)c23)C1. The molecule has 0 unspecified atom stereocenters. The summed E-state index contributed by atoms with van der Waals surface area (Å²) in [6.07, 6.45) is 6.69. The van der Waals surface area contributed by atoms with Crippen molar-refractivity contribution >= 4 is 33.6 Å². The van der Waals surface area contributed by atoms with Gasteiger partial charge in [-0.2, -0.15) is 0 Å². The van der Waals surface area contributed by atoms with E-state index >= 15 is 0 Å². The first kappa shape index (κ1) is 17.7. The molecule has 0 saturated carbocycles. The van der Waals surface area contributed by atoms with Gasteiger partial charge >= 0.3 is 5.97 Å². The molecule has 3 aromatic rings. The van der Waals surface area contributed by atoms with Gasteiger partial charge < -0.3 is 14.1 Å². The van der Waals surface area contributed by atoms with Gasteiger partial charge in [-0.25, -0.2) is 9.78 Å². The molecule has 0 amide bonds. The quantitative estimate of drug-likeness (QED) is 0.542. The molecule has 1 aliphatic rings. The minimum absolute atomic E-state index is 0.156. The Morgan fingerprint density at radius 2 is 2.37 bits per heavy atom. The lowest BCUT2D eigenvalue weighted by Gasteiger charge is -2.17. The highest BCUT2D eigenvalue weighted by Gasteiger charge is 2.24. The third-order valence-electron chi connectivity index (χ3n) is 4.79. The van der Waals surface area contributed by atoms with Gasteiger partial charge in [0.05, 0.1) is 11.6 Å². The molecule has 1 N–H and O–H groups in total. The number of aryl methyl sites for hydroxylation is 1. The number of nitrogens with one attached hydrogen (secondary N) is 1. The largest absolute Gasteiger partial charge is 0.465 e. The van der Waals surface area contributed by atoms with E-state index in [-0.39, 0.29) is 5.56 Å². The highest BCUT2D eigenvalue weighted by atomic mass is 32.1. The second-order valence-corrected chi connectivity index (χ2v) is 7.99. The maximum atomic E-state index is 12.6. The van der Waals surface area contributed by atoms with Crippen molar-refractivity contribution in [3.8, 4) is 0 Å². The summed E-state index contributed by atoms with van der Waals surface area (Å²) in [6.45, 7) is 3.92. The Hall–Kier alpha value is -2.67. The fraction of sp³-hybridized carbons (Fsp3) is 0.350. The predicted molar refractivity (Wildman–Crippen MR) is 104 cm³/mol. The average Bonchev–Trinajstić information content (AvgIpc) is 3.26. The van der Waals surface area contributed by atoms with Crippen molar-refractivity contribution in [2.75, 3.05) is 0 Å². The average molecular weight is 384 g/mol. The van der Waals surface area contributed by atoms with Crippen LogP contribution in [0.1, 0.15) is 48.4 Å². The molecule has 6 nitrogen and oxygen atoms in total. The lowest BCUT2D eigenvalue weighted by atomic mass is 9.89. The first-order valence-electron chi connectivity index (χ1n) is 8.98. The smallest absolute Gasteiger partial charge is 0.331 e. The predicted octanol–water partition coefficient (Wildman–Crippen LogP) is 4.02. The number of fused-ring (bicyclic) bond motifs is 3. The highest BCUT2D eigenvalue weighted by Crippen LogP contribution is 2.35. The van der Waals surface area contributed by atoms with Crippen molar-refractivity contribution in [2.24, 2.45) is 5.92 Å². The Balaban J connectivity index is 1.56. The van der Waals surface area contributed by atoms with E-state index in [9.17, 15) is 9.59 Å². The molecule has 27 heavy (non-hydrogen) atoms. The number of ether oxygens (including phenoxy) is 1. The van der Waals surface area contributed by atoms with E-state index in [1.807, 2.05) is 0 Å². The lowest BCUT2D eigenvalue weighted by Crippen LogP contribution is -2.17. The Bertz CT molecular complexity index is 1060. The van der Waals surface area contributed by atoms with Crippen molar-refractivity contribution in [1.29, 1.82) is 0 Å². The molecule has 0 aliphatic heterocycles. The zero-order valence-corrected chi connectivity index (χ0v) is 16.0. The third kappa shape index (κ3) is 3.60. The van der Waals surface area contributed by atoms with Crippen LogP contribution in [0.2, 0.25) is 0 Å². The molecule has 1 aliphatic carbocycles. The third-order valence-corrected chi connectivity index (χ3v) is 5.94. The van der Waals surface area contributed by atoms with Gasteiger partial charge in [0, 0.05) is 11.0 Å². The zero-order chi connectivity index (χ0) is 19.0. The molecule has 0 bridgehead atoms. The lowest BCUT2D eigenvalue weighted by molar-refractivity contribution is -0.142. The fourth-order valence-electron chi connectivity index (χ4n) is 3.36. The summed E-state index contributed by atoms with van der Waals surface area (Å²) in [4.78, 5) is 34.0. The van der Waals surface area contributed by atoms with Crippen LogP contribution in [0.15, 0.2) is 33.7 Å². The number of aromatic amines is 1. The van der Waals surface area contributed by atoms with E-state index in [2.05, 4.69) is 16.9 Å². The topological polar surface area (TPSA) is 85.2 Å². The van der Waals surface area contributed by atoms with Gasteiger partial charge in [-0.05, 0) is 55.9 Å². The number of furan rings is 1. The van der Waals surface area contributed by atoms with E-state index in [0.29, 0.717) is 22.9 Å². The van der Waals surface area contributed by atoms with Gasteiger partial charge in [0.1, 0.15) is 10.6 Å². The molecule has 3 heterocycles. The van der Waals surface area contributed by atoms with E-state index in [1.54, 1.807) is 30.4 Å². The summed E-state index contributed by atoms with van der Waals surface area (Å²) in [5, 5.41) is 0.696. The number of rotatable bonds is 4. The number of carbonyl (C=O) groups excluding carboxylic acids is 1. The Morgan fingerprint density at radius 1 is 1.52 bits per heavy atom. The number of esters is 1. The summed E-state index contributed by atoms with van der Waals surface area (Å²) in [5.41, 5.74) is 0.982. The van der Waals surface area contributed by atoms with E-state index in [0.717, 1.165) is 29.7 Å². The summed E-state index contributed by atoms with van der Waals surface area (Å²) < 4.78 is 10.5. The van der Waals surface area contributed by atoms with Gasteiger partial charge in [0.15, 0.2) is 11.9 Å². The number of hydrogen-bond acceptors (Lipinski definition) is 6. The molecule has 0 saturated heterocycles. The Morgan fingerprint density at radius 3 is 3.15 bits per heavy atom. The van der Waals surface area contributed by atoms with Gasteiger partial charge in [-0.3, -0.25) is 4.79 Å². The second kappa shape index (κ2) is 7.15. The van der Waals surface area contributed by atoms with Crippen molar-refractivity contribution in [1.82, 2.24) is 9.97 Å². The second-order valence-electron chi connectivity index (χ2n) is 6.91. The molecule has 3 aromatic heterocycles. The maximum Gasteiger partial charge on any atom is 0.331 e. The molecule has 2 atom stereocenters. The number of carbonyl (C=O) groups is 1. The van der Waals surface area contributed by atoms with Crippen LogP contribution >= 0.6 is 11.3 Å². The number of aromatic nitrogens is 2. The monoisotopic (exact) mass is 384 g/mol. The van der Waals surface area contributed by atoms with Crippen molar-refractivity contribution in [3.05, 3.63) is 56.9 Å². The molecule has 0 radical (unpaired) electrons. The molecule has 0 spiro atoms. The van der Waals surface area contributed by atoms with Crippen LogP contribution in [0, 0.1) is 5.92 Å². The summed E-state index contributed by atoms with van der Waals surface area (Å²) in [5.74, 6) is 1.02. The summed E-state index contributed by atoms with van der Waals surface area (Å²) >= 11 is 1.58. The Kier molecular flexibility index (Phi) is 4.70. The minimum atomic E-state index is -0.658. The van der Waals surface area contributed by atoms with Crippen LogP contribution in [-0.4, -0.2) is 15.9 Å². The van der Waals surface area contributed by atoms with Crippen molar-refractivity contribution < 1.29 is 13.9 Å². The molecular weight excluding hydrogens is 364 g/mol. The van der Waals surface area contributed by atoms with Crippen LogP contribution in [0.3, 0.4) is 0 Å². The van der Waals surface area contributed by atoms with Crippen LogP contribution in [-0.2, 0) is 22.4 Å². The van der Waals surface area contributed by atoms with Crippen LogP contribution in [0.4, 0.5) is 0 Å². The summed E-state index contributed by atoms with van der Waals surface area (Å²) in [6, 6.07) is 3.47. The number of hydrogen-bond donors (Lipinski definition) is 1. The molecule has 7 heteroatoms. The Labute approximate surface area is 159 Å². The number of thiophene rings is 1. The van der Waals surface area contributed by atoms with Crippen LogP contribution < -0.4 is 5.56 Å². The van der Waals surface area contributed by atoms with Crippen molar-refractivity contribution in [2.45, 2.75) is 39.2 Å². The van der Waals surface area contributed by atoms with Gasteiger partial charge in [-0.15, -0.1) is 11.3 Å². The normalized spacial score (nSPS) is 17.9. The highest BCUT2D eigenvalue weighted by molar-refractivity contribution is 7.18. The van der Waals surface area contributed by atoms with Crippen LogP contribution in [0.5, 0.6) is 0 Å². The fourth-order valence-corrected chi connectivity index (χ4v) is 4.75. The van der Waals surface area contributed by atoms with Crippen LogP contribution in [0.25, 0.3) is 16.3 Å². The summed E-state index contributed by atoms with van der Waals surface area (Å²) in [7, 11) is 0. The molecule has 0 aromatic carbocycles. The zero-order valence-electron chi connectivity index (χ0n) is 15.2. The van der Waals surface area contributed by atoms with Crippen molar-refractivity contribution in [3.63, 3.8) is 0 Å². The van der Waals surface area contributed by atoms with Gasteiger partial charge in [0.2, 0.25) is 0 Å². The van der Waals surface area contributed by atoms with E-state index < -0.39 is 12.1 Å². The van der Waals surface area contributed by atoms with Gasteiger partial charge in [-0.1, -0.05) is 6.92 Å². The molecule has 140 valence electrons. The molecule has 0 fully saturated rings. The standard InChI is InChI=1S/C20H20N2O4S/c1-11-5-7-14-15(10-11)27-20-17(14)19(24)21-18(22-20)12(2)26-16(23)8-6-13-4-3-9-25-13/h3-4,6,8-9,11-12H,5,7,10H2,1-2H3,(H,21,22,24)/b8-6+/t11-,12-/m0/s1. The number of H-pyrrole nitrogens is 1. The minimum Gasteiger partial charge on any atom is -0.465 e. The maximum absolute atomic E-state index is 12.6. The van der Waals surface area contributed by atoms with Gasteiger partial charge in [0.25, 0.3) is 5.56 Å². The first-order chi connectivity index (χ1) is 13.0. The number of nitrogens with zero attached hydrogens (tertiary/aromatic N) is 1.